The Hall–Kier alpha value is -1.44. The molecule has 0 aliphatic heterocycles. The molecule has 0 saturated carbocycles. The van der Waals surface area contributed by atoms with Gasteiger partial charge in [0, 0.05) is 0 Å². The van der Waals surface area contributed by atoms with Gasteiger partial charge in [0.05, 0.1) is 38.3 Å². The monoisotopic (exact) mass is 276 g/mol. The highest BCUT2D eigenvalue weighted by Crippen LogP contribution is 2.24. The lowest BCUT2D eigenvalue weighted by Gasteiger charge is -2.19. The fraction of sp³-hybridized carbons (Fsp3) is 0.667. The van der Waals surface area contributed by atoms with Crippen LogP contribution in [0.25, 0.3) is 0 Å². The van der Waals surface area contributed by atoms with Crippen LogP contribution in [0.5, 0.6) is 0 Å². The van der Waals surface area contributed by atoms with Gasteiger partial charge in [0.15, 0.2) is 0 Å². The van der Waals surface area contributed by atoms with Crippen LogP contribution < -0.4 is 0 Å². The van der Waals surface area contributed by atoms with E-state index in [0.29, 0.717) is 26.1 Å². The van der Waals surface area contributed by atoms with Crippen LogP contribution >= 0.6 is 0 Å². The molecule has 0 heterocycles. The molecule has 0 bridgehead atoms. The third kappa shape index (κ3) is 7.55. The summed E-state index contributed by atoms with van der Waals surface area (Å²) in [4.78, 5) is 21.1. The fourth-order valence-electron chi connectivity index (χ4n) is 1.59. The average molecular weight is 276 g/mol. The minimum atomic E-state index is -1.06. The summed E-state index contributed by atoms with van der Waals surface area (Å²) in [5.41, 5.74) is 0. The van der Waals surface area contributed by atoms with Crippen molar-refractivity contribution in [3.05, 3.63) is 12.2 Å². The standard InChI is InChI=1S/C8H10O4.C4H10O3/c9-7(10)5-3-1-2-4-6(5)8(11)12;5-1-3-7-4-2-6/h1,3,5-6H,2,4H2,(H,9,10)(H,11,12);5-6H,1-4H2. The first kappa shape index (κ1) is 17.6. The van der Waals surface area contributed by atoms with Crippen molar-refractivity contribution in [3.63, 3.8) is 0 Å². The zero-order chi connectivity index (χ0) is 14.7. The van der Waals surface area contributed by atoms with Gasteiger partial charge in [0.2, 0.25) is 0 Å². The Morgan fingerprint density at radius 3 is 2.05 bits per heavy atom. The lowest BCUT2D eigenvalue weighted by molar-refractivity contribution is -0.152. The zero-order valence-electron chi connectivity index (χ0n) is 10.6. The highest BCUT2D eigenvalue weighted by molar-refractivity contribution is 5.81. The molecule has 7 heteroatoms. The Kier molecular flexibility index (Phi) is 9.69. The summed E-state index contributed by atoms with van der Waals surface area (Å²) in [7, 11) is 0. The smallest absolute Gasteiger partial charge is 0.311 e. The first-order chi connectivity index (χ1) is 9.04. The molecule has 1 aliphatic carbocycles. The van der Waals surface area contributed by atoms with Gasteiger partial charge in [-0.1, -0.05) is 12.2 Å². The Morgan fingerprint density at radius 2 is 1.68 bits per heavy atom. The van der Waals surface area contributed by atoms with Gasteiger partial charge in [-0.3, -0.25) is 9.59 Å². The molecule has 2 atom stereocenters. The van der Waals surface area contributed by atoms with Gasteiger partial charge in [-0.05, 0) is 12.8 Å². The van der Waals surface area contributed by atoms with Gasteiger partial charge in [0.25, 0.3) is 0 Å². The number of hydrogen-bond acceptors (Lipinski definition) is 5. The molecule has 1 aliphatic rings. The van der Waals surface area contributed by atoms with E-state index in [2.05, 4.69) is 4.74 Å². The van der Waals surface area contributed by atoms with Crippen LogP contribution in [0.2, 0.25) is 0 Å². The van der Waals surface area contributed by atoms with E-state index in [0.717, 1.165) is 0 Å². The van der Waals surface area contributed by atoms with Crippen LogP contribution in [0.15, 0.2) is 12.2 Å². The Morgan fingerprint density at radius 1 is 1.11 bits per heavy atom. The van der Waals surface area contributed by atoms with E-state index < -0.39 is 23.8 Å². The number of aliphatic carboxylic acids is 2. The van der Waals surface area contributed by atoms with E-state index in [9.17, 15) is 9.59 Å². The number of carbonyl (C=O) groups is 2. The third-order valence-electron chi connectivity index (χ3n) is 2.49. The third-order valence-corrected chi connectivity index (χ3v) is 2.49. The molecule has 19 heavy (non-hydrogen) atoms. The predicted octanol–water partition coefficient (Wildman–Crippen LogP) is -0.274. The molecular formula is C12H20O7. The SMILES string of the molecule is O=C(O)C1C=CCCC1C(=O)O.OCCOCCO. The average Bonchev–Trinajstić information content (AvgIpc) is 2.40. The number of hydrogen-bond donors (Lipinski definition) is 4. The van der Waals surface area contributed by atoms with Crippen molar-refractivity contribution in [2.75, 3.05) is 26.4 Å². The maximum absolute atomic E-state index is 10.6. The first-order valence-corrected chi connectivity index (χ1v) is 5.96. The summed E-state index contributed by atoms with van der Waals surface area (Å²) < 4.78 is 4.63. The molecule has 0 aromatic heterocycles. The van der Waals surface area contributed by atoms with E-state index in [1.165, 1.54) is 6.08 Å². The molecule has 0 amide bonds. The maximum atomic E-state index is 10.6. The molecule has 0 spiro atoms. The van der Waals surface area contributed by atoms with Crippen molar-refractivity contribution in [2.24, 2.45) is 11.8 Å². The van der Waals surface area contributed by atoms with E-state index >= 15 is 0 Å². The minimum Gasteiger partial charge on any atom is -0.481 e. The second kappa shape index (κ2) is 10.5. The molecule has 7 nitrogen and oxygen atoms in total. The Bertz CT molecular complexity index is 296. The van der Waals surface area contributed by atoms with Gasteiger partial charge >= 0.3 is 11.9 Å². The molecule has 2 unspecified atom stereocenters. The van der Waals surface area contributed by atoms with Crippen molar-refractivity contribution in [3.8, 4) is 0 Å². The van der Waals surface area contributed by atoms with Crippen LogP contribution in [0, 0.1) is 11.8 Å². The van der Waals surface area contributed by atoms with Gasteiger partial charge in [-0.2, -0.15) is 0 Å². The number of aliphatic hydroxyl groups is 2. The predicted molar refractivity (Wildman–Crippen MR) is 65.6 cm³/mol. The van der Waals surface area contributed by atoms with Crippen LogP contribution in [0.3, 0.4) is 0 Å². The largest absolute Gasteiger partial charge is 0.481 e. The summed E-state index contributed by atoms with van der Waals surface area (Å²) in [5.74, 6) is -3.69. The van der Waals surface area contributed by atoms with Crippen molar-refractivity contribution in [1.29, 1.82) is 0 Å². The summed E-state index contributed by atoms with van der Waals surface area (Å²) in [6.07, 6.45) is 4.26. The number of carboxylic acid groups (broad SMARTS) is 2. The molecular weight excluding hydrogens is 256 g/mol. The summed E-state index contributed by atoms with van der Waals surface area (Å²) in [6, 6.07) is 0. The number of carboxylic acids is 2. The highest BCUT2D eigenvalue weighted by Gasteiger charge is 2.32. The van der Waals surface area contributed by atoms with E-state index in [-0.39, 0.29) is 13.2 Å². The van der Waals surface area contributed by atoms with Gasteiger partial charge in [-0.15, -0.1) is 0 Å². The Balaban J connectivity index is 0.000000399. The zero-order valence-corrected chi connectivity index (χ0v) is 10.6. The summed E-state index contributed by atoms with van der Waals surface area (Å²) in [5, 5.41) is 33.5. The second-order valence-electron chi connectivity index (χ2n) is 3.87. The van der Waals surface area contributed by atoms with Gasteiger partial charge < -0.3 is 25.2 Å². The maximum Gasteiger partial charge on any atom is 0.311 e. The second-order valence-corrected chi connectivity index (χ2v) is 3.87. The lowest BCUT2D eigenvalue weighted by atomic mass is 9.84. The highest BCUT2D eigenvalue weighted by atomic mass is 16.5. The van der Waals surface area contributed by atoms with E-state index in [1.54, 1.807) is 6.08 Å². The molecule has 0 aromatic rings. The number of allylic oxidation sites excluding steroid dienone is 1. The van der Waals surface area contributed by atoms with Crippen LogP contribution in [-0.4, -0.2) is 58.8 Å². The van der Waals surface area contributed by atoms with Gasteiger partial charge in [0.1, 0.15) is 0 Å². The van der Waals surface area contributed by atoms with Gasteiger partial charge in [-0.25, -0.2) is 0 Å². The minimum absolute atomic E-state index is 0.0278. The number of aliphatic hydroxyl groups excluding tert-OH is 2. The summed E-state index contributed by atoms with van der Waals surface area (Å²) in [6.45, 7) is 0.696. The quantitative estimate of drug-likeness (QED) is 0.388. The Labute approximate surface area is 111 Å². The van der Waals surface area contributed by atoms with Crippen LogP contribution in [0.1, 0.15) is 12.8 Å². The summed E-state index contributed by atoms with van der Waals surface area (Å²) >= 11 is 0. The number of ether oxygens (including phenoxy) is 1. The first-order valence-electron chi connectivity index (χ1n) is 5.96. The molecule has 110 valence electrons. The number of rotatable bonds is 6. The fourth-order valence-corrected chi connectivity index (χ4v) is 1.59. The molecule has 0 radical (unpaired) electrons. The molecule has 0 fully saturated rings. The van der Waals surface area contributed by atoms with E-state index in [1.807, 2.05) is 0 Å². The van der Waals surface area contributed by atoms with E-state index in [4.69, 9.17) is 20.4 Å². The van der Waals surface area contributed by atoms with Crippen molar-refractivity contribution >= 4 is 11.9 Å². The van der Waals surface area contributed by atoms with Crippen molar-refractivity contribution in [1.82, 2.24) is 0 Å². The van der Waals surface area contributed by atoms with Crippen molar-refractivity contribution in [2.45, 2.75) is 12.8 Å². The normalized spacial score (nSPS) is 21.4. The topological polar surface area (TPSA) is 124 Å². The molecule has 4 N–H and O–H groups in total. The lowest BCUT2D eigenvalue weighted by Crippen LogP contribution is -2.30. The molecule has 0 aromatic carbocycles. The molecule has 0 saturated heterocycles. The van der Waals surface area contributed by atoms with Crippen LogP contribution in [-0.2, 0) is 14.3 Å². The van der Waals surface area contributed by atoms with Crippen LogP contribution in [0.4, 0.5) is 0 Å². The molecule has 1 rings (SSSR count). The van der Waals surface area contributed by atoms with Crippen molar-refractivity contribution < 1.29 is 34.8 Å².